The molecule has 3 unspecified atom stereocenters. The summed E-state index contributed by atoms with van der Waals surface area (Å²) in [5.41, 5.74) is 6.33. The second-order valence-corrected chi connectivity index (χ2v) is 5.36. The Hall–Kier alpha value is -0.120. The zero-order valence-corrected chi connectivity index (χ0v) is 10.5. The minimum absolute atomic E-state index is 0.385. The van der Waals surface area contributed by atoms with Gasteiger partial charge in [-0.25, -0.2) is 0 Å². The monoisotopic (exact) mass is 226 g/mol. The van der Waals surface area contributed by atoms with Crippen molar-refractivity contribution in [2.24, 2.45) is 5.73 Å². The van der Waals surface area contributed by atoms with Crippen LogP contribution in [0.15, 0.2) is 0 Å². The predicted molar refractivity (Wildman–Crippen MR) is 66.5 cm³/mol. The van der Waals surface area contributed by atoms with Crippen LogP contribution in [0.4, 0.5) is 0 Å². The molecule has 1 saturated carbocycles. The molecule has 0 aromatic rings. The van der Waals surface area contributed by atoms with Crippen molar-refractivity contribution in [1.29, 1.82) is 0 Å². The van der Waals surface area contributed by atoms with E-state index in [1.807, 2.05) is 7.11 Å². The molecule has 2 fully saturated rings. The highest BCUT2D eigenvalue weighted by molar-refractivity contribution is 4.88. The van der Waals surface area contributed by atoms with Gasteiger partial charge in [0.25, 0.3) is 0 Å². The van der Waals surface area contributed by atoms with Crippen molar-refractivity contribution < 1.29 is 4.74 Å². The molecule has 1 aliphatic carbocycles. The fraction of sp³-hybridized carbons (Fsp3) is 1.00. The third-order valence-corrected chi connectivity index (χ3v) is 4.26. The Morgan fingerprint density at radius 2 is 1.81 bits per heavy atom. The minimum atomic E-state index is 0.385. The smallest absolute Gasteiger partial charge is 0.0710 e. The van der Waals surface area contributed by atoms with Gasteiger partial charge in [0, 0.05) is 32.3 Å². The van der Waals surface area contributed by atoms with E-state index in [2.05, 4.69) is 4.90 Å². The average Bonchev–Trinajstić information content (AvgIpc) is 2.72. The van der Waals surface area contributed by atoms with E-state index in [1.165, 1.54) is 51.5 Å². The summed E-state index contributed by atoms with van der Waals surface area (Å²) in [6.45, 7) is 2.27. The van der Waals surface area contributed by atoms with Gasteiger partial charge in [0.15, 0.2) is 0 Å². The second-order valence-electron chi connectivity index (χ2n) is 5.36. The van der Waals surface area contributed by atoms with Crippen LogP contribution in [0.5, 0.6) is 0 Å². The molecule has 0 radical (unpaired) electrons. The zero-order chi connectivity index (χ0) is 11.4. The Morgan fingerprint density at radius 1 is 1.06 bits per heavy atom. The van der Waals surface area contributed by atoms with Crippen LogP contribution in [0.3, 0.4) is 0 Å². The topological polar surface area (TPSA) is 38.5 Å². The van der Waals surface area contributed by atoms with E-state index in [9.17, 15) is 0 Å². The van der Waals surface area contributed by atoms with Gasteiger partial charge in [0.1, 0.15) is 0 Å². The summed E-state index contributed by atoms with van der Waals surface area (Å²) in [6, 6.07) is 0.997. The normalized spacial score (nSPS) is 38.2. The van der Waals surface area contributed by atoms with Gasteiger partial charge in [-0.05, 0) is 19.3 Å². The van der Waals surface area contributed by atoms with Crippen molar-refractivity contribution in [1.82, 2.24) is 4.90 Å². The molecule has 1 heterocycles. The zero-order valence-electron chi connectivity index (χ0n) is 10.5. The molecular formula is C13H26N2O. The Balaban J connectivity index is 1.89. The SMILES string of the molecule is COC1CCN(C2CCCCCCC2N)C1. The number of likely N-dealkylation sites (tertiary alicyclic amines) is 1. The lowest BCUT2D eigenvalue weighted by molar-refractivity contribution is 0.0938. The standard InChI is InChI=1S/C13H26N2O/c1-16-11-8-9-15(10-11)13-7-5-3-2-4-6-12(13)14/h11-13H,2-10,14H2,1H3. The molecular weight excluding hydrogens is 200 g/mol. The van der Waals surface area contributed by atoms with E-state index in [0.29, 0.717) is 18.2 Å². The van der Waals surface area contributed by atoms with Crippen LogP contribution in [-0.2, 0) is 4.74 Å². The Kier molecular flexibility index (Phi) is 4.62. The van der Waals surface area contributed by atoms with Gasteiger partial charge in [-0.2, -0.15) is 0 Å². The molecule has 2 rings (SSSR count). The molecule has 2 N–H and O–H groups in total. The van der Waals surface area contributed by atoms with Crippen molar-refractivity contribution in [3.8, 4) is 0 Å². The molecule has 3 atom stereocenters. The van der Waals surface area contributed by atoms with Gasteiger partial charge in [-0.15, -0.1) is 0 Å². The van der Waals surface area contributed by atoms with Crippen LogP contribution >= 0.6 is 0 Å². The number of nitrogens with zero attached hydrogens (tertiary/aromatic N) is 1. The lowest BCUT2D eigenvalue weighted by atomic mass is 9.92. The van der Waals surface area contributed by atoms with Crippen molar-refractivity contribution in [2.45, 2.75) is 63.1 Å². The average molecular weight is 226 g/mol. The van der Waals surface area contributed by atoms with E-state index in [-0.39, 0.29) is 0 Å². The van der Waals surface area contributed by atoms with Crippen LogP contribution in [0, 0.1) is 0 Å². The summed E-state index contributed by atoms with van der Waals surface area (Å²) in [4.78, 5) is 2.57. The fourth-order valence-electron chi connectivity index (χ4n) is 3.19. The fourth-order valence-corrected chi connectivity index (χ4v) is 3.19. The number of hydrogen-bond donors (Lipinski definition) is 1. The Bertz CT molecular complexity index is 210. The lowest BCUT2D eigenvalue weighted by Crippen LogP contribution is -2.47. The number of nitrogens with two attached hydrogens (primary N) is 1. The van der Waals surface area contributed by atoms with E-state index in [0.717, 1.165) is 6.54 Å². The molecule has 0 aromatic carbocycles. The first-order valence-electron chi connectivity index (χ1n) is 6.83. The molecule has 0 spiro atoms. The number of hydrogen-bond acceptors (Lipinski definition) is 3. The lowest BCUT2D eigenvalue weighted by Gasteiger charge is -2.34. The van der Waals surface area contributed by atoms with Gasteiger partial charge in [-0.1, -0.05) is 25.7 Å². The molecule has 16 heavy (non-hydrogen) atoms. The van der Waals surface area contributed by atoms with Gasteiger partial charge in [0.05, 0.1) is 6.10 Å². The van der Waals surface area contributed by atoms with Gasteiger partial charge in [-0.3, -0.25) is 4.90 Å². The summed E-state index contributed by atoms with van der Waals surface area (Å²) in [5, 5.41) is 0. The summed E-state index contributed by atoms with van der Waals surface area (Å²) in [7, 11) is 1.83. The molecule has 0 aromatic heterocycles. The molecule has 1 aliphatic heterocycles. The third-order valence-electron chi connectivity index (χ3n) is 4.26. The highest BCUT2D eigenvalue weighted by Gasteiger charge is 2.31. The van der Waals surface area contributed by atoms with Gasteiger partial charge < -0.3 is 10.5 Å². The summed E-state index contributed by atoms with van der Waals surface area (Å²) in [5.74, 6) is 0. The number of methoxy groups -OCH3 is 1. The quantitative estimate of drug-likeness (QED) is 0.779. The molecule has 1 saturated heterocycles. The van der Waals surface area contributed by atoms with Crippen LogP contribution in [0.1, 0.15) is 44.9 Å². The third kappa shape index (κ3) is 2.96. The number of ether oxygens (including phenoxy) is 1. The molecule has 3 heteroatoms. The van der Waals surface area contributed by atoms with E-state index in [1.54, 1.807) is 0 Å². The molecule has 0 bridgehead atoms. The van der Waals surface area contributed by atoms with Crippen molar-refractivity contribution in [3.05, 3.63) is 0 Å². The molecule has 0 amide bonds. The number of rotatable bonds is 2. The molecule has 3 nitrogen and oxygen atoms in total. The van der Waals surface area contributed by atoms with Crippen LogP contribution < -0.4 is 5.73 Å². The summed E-state index contributed by atoms with van der Waals surface area (Å²) in [6.07, 6.45) is 9.56. The van der Waals surface area contributed by atoms with Crippen LogP contribution in [0.2, 0.25) is 0 Å². The first kappa shape index (κ1) is 12.3. The van der Waals surface area contributed by atoms with E-state index >= 15 is 0 Å². The summed E-state index contributed by atoms with van der Waals surface area (Å²) >= 11 is 0. The highest BCUT2D eigenvalue weighted by Crippen LogP contribution is 2.24. The van der Waals surface area contributed by atoms with Crippen LogP contribution in [0.25, 0.3) is 0 Å². The van der Waals surface area contributed by atoms with Gasteiger partial charge in [0.2, 0.25) is 0 Å². The maximum absolute atomic E-state index is 6.33. The minimum Gasteiger partial charge on any atom is -0.380 e. The van der Waals surface area contributed by atoms with Crippen LogP contribution in [-0.4, -0.2) is 43.3 Å². The van der Waals surface area contributed by atoms with Gasteiger partial charge >= 0.3 is 0 Å². The maximum Gasteiger partial charge on any atom is 0.0710 e. The Labute approximate surface area is 99.3 Å². The summed E-state index contributed by atoms with van der Waals surface area (Å²) < 4.78 is 5.44. The predicted octanol–water partition coefficient (Wildman–Crippen LogP) is 1.76. The molecule has 2 aliphatic rings. The van der Waals surface area contributed by atoms with Crippen molar-refractivity contribution >= 4 is 0 Å². The first-order chi connectivity index (χ1) is 7.81. The maximum atomic E-state index is 6.33. The largest absolute Gasteiger partial charge is 0.380 e. The van der Waals surface area contributed by atoms with E-state index in [4.69, 9.17) is 10.5 Å². The first-order valence-corrected chi connectivity index (χ1v) is 6.83. The van der Waals surface area contributed by atoms with Crippen molar-refractivity contribution in [2.75, 3.05) is 20.2 Å². The van der Waals surface area contributed by atoms with Crippen molar-refractivity contribution in [3.63, 3.8) is 0 Å². The Morgan fingerprint density at radius 3 is 2.50 bits per heavy atom. The second kappa shape index (κ2) is 5.99. The highest BCUT2D eigenvalue weighted by atomic mass is 16.5. The molecule has 94 valence electrons. The van der Waals surface area contributed by atoms with E-state index < -0.39 is 0 Å².